The van der Waals surface area contributed by atoms with Gasteiger partial charge in [-0.15, -0.1) is 0 Å². The predicted molar refractivity (Wildman–Crippen MR) is 166 cm³/mol. The summed E-state index contributed by atoms with van der Waals surface area (Å²) in [5.41, 5.74) is 1.44. The third-order valence-electron chi connectivity index (χ3n) is 9.53. The van der Waals surface area contributed by atoms with Crippen LogP contribution in [-0.4, -0.2) is 71.1 Å². The van der Waals surface area contributed by atoms with E-state index in [4.69, 9.17) is 4.74 Å². The molecular formula is C34H44N4O6. The Morgan fingerprint density at radius 3 is 2.09 bits per heavy atom. The van der Waals surface area contributed by atoms with Crippen LogP contribution in [0.4, 0.5) is 10.5 Å². The van der Waals surface area contributed by atoms with Gasteiger partial charge in [0.1, 0.15) is 5.75 Å². The summed E-state index contributed by atoms with van der Waals surface area (Å²) in [6, 6.07) is 15.5. The lowest BCUT2D eigenvalue weighted by Gasteiger charge is -2.36. The Labute approximate surface area is 259 Å². The van der Waals surface area contributed by atoms with Gasteiger partial charge in [-0.2, -0.15) is 0 Å². The fraction of sp³-hybridized carbons (Fsp3) is 0.529. The Bertz CT molecular complexity index is 1290. The SMILES string of the molecule is COc1ccc(NC(=O)N2CCN(C(=O)C(c3ccccc3)C3CCCC3)C2C(=O)NC(CC(=O)O)C2CCCCC2)cc1. The Morgan fingerprint density at radius 2 is 1.45 bits per heavy atom. The van der Waals surface area contributed by atoms with Crippen LogP contribution in [0.15, 0.2) is 54.6 Å². The molecule has 0 bridgehead atoms. The Balaban J connectivity index is 1.44. The predicted octanol–water partition coefficient (Wildman–Crippen LogP) is 5.21. The number of benzene rings is 2. The van der Waals surface area contributed by atoms with Gasteiger partial charge in [0, 0.05) is 24.8 Å². The van der Waals surface area contributed by atoms with Crippen LogP contribution in [0, 0.1) is 11.8 Å². The number of carboxylic acids is 1. The van der Waals surface area contributed by atoms with Gasteiger partial charge in [-0.3, -0.25) is 19.3 Å². The minimum absolute atomic E-state index is 0.0338. The minimum Gasteiger partial charge on any atom is -0.497 e. The van der Waals surface area contributed by atoms with Gasteiger partial charge in [0.15, 0.2) is 6.17 Å². The molecule has 3 atom stereocenters. The average molecular weight is 605 g/mol. The summed E-state index contributed by atoms with van der Waals surface area (Å²) in [4.78, 5) is 57.1. The van der Waals surface area contributed by atoms with E-state index in [1.54, 1.807) is 31.4 Å². The summed E-state index contributed by atoms with van der Waals surface area (Å²) in [7, 11) is 1.56. The first kappa shape index (κ1) is 31.3. The summed E-state index contributed by atoms with van der Waals surface area (Å²) in [5.74, 6) is -1.27. The molecule has 3 fully saturated rings. The molecule has 236 valence electrons. The zero-order valence-electron chi connectivity index (χ0n) is 25.5. The fourth-order valence-electron chi connectivity index (χ4n) is 7.29. The molecule has 2 aromatic carbocycles. The third kappa shape index (κ3) is 7.34. The number of nitrogens with zero attached hydrogens (tertiary/aromatic N) is 2. The van der Waals surface area contributed by atoms with Crippen LogP contribution < -0.4 is 15.4 Å². The van der Waals surface area contributed by atoms with Crippen LogP contribution in [0.1, 0.15) is 75.7 Å². The van der Waals surface area contributed by atoms with Crippen molar-refractivity contribution in [1.29, 1.82) is 0 Å². The molecule has 0 spiro atoms. The molecule has 10 nitrogen and oxygen atoms in total. The number of carboxylic acid groups (broad SMARTS) is 1. The van der Waals surface area contributed by atoms with Crippen molar-refractivity contribution in [2.75, 3.05) is 25.5 Å². The number of rotatable bonds is 10. The lowest BCUT2D eigenvalue weighted by atomic mass is 9.82. The average Bonchev–Trinajstić information content (AvgIpc) is 3.73. The van der Waals surface area contributed by atoms with Gasteiger partial charge in [0.05, 0.1) is 19.4 Å². The number of methoxy groups -OCH3 is 1. The molecule has 3 aliphatic rings. The molecule has 1 heterocycles. The molecule has 0 radical (unpaired) electrons. The number of ether oxygens (including phenoxy) is 1. The largest absolute Gasteiger partial charge is 0.497 e. The number of carbonyl (C=O) groups excluding carboxylic acids is 3. The normalized spacial score (nSPS) is 20.6. The van der Waals surface area contributed by atoms with Crippen molar-refractivity contribution in [3.05, 3.63) is 60.2 Å². The van der Waals surface area contributed by atoms with Crippen molar-refractivity contribution in [3.63, 3.8) is 0 Å². The van der Waals surface area contributed by atoms with E-state index in [-0.39, 0.29) is 37.3 Å². The van der Waals surface area contributed by atoms with E-state index >= 15 is 0 Å². The van der Waals surface area contributed by atoms with Crippen LogP contribution in [-0.2, 0) is 14.4 Å². The summed E-state index contributed by atoms with van der Waals surface area (Å²) >= 11 is 0. The Kier molecular flexibility index (Phi) is 10.4. The first-order chi connectivity index (χ1) is 21.4. The summed E-state index contributed by atoms with van der Waals surface area (Å²) < 4.78 is 5.22. The second-order valence-corrected chi connectivity index (χ2v) is 12.3. The third-order valence-corrected chi connectivity index (χ3v) is 9.53. The second-order valence-electron chi connectivity index (χ2n) is 12.3. The number of hydrogen-bond donors (Lipinski definition) is 3. The number of amides is 4. The maximum absolute atomic E-state index is 14.5. The van der Waals surface area contributed by atoms with Crippen LogP contribution in [0.2, 0.25) is 0 Å². The van der Waals surface area contributed by atoms with Gasteiger partial charge in [-0.1, -0.05) is 62.4 Å². The van der Waals surface area contributed by atoms with E-state index < -0.39 is 36.0 Å². The summed E-state index contributed by atoms with van der Waals surface area (Å²) in [6.45, 7) is 0.376. The fourth-order valence-corrected chi connectivity index (χ4v) is 7.29. The van der Waals surface area contributed by atoms with Gasteiger partial charge in [0.25, 0.3) is 5.91 Å². The second kappa shape index (κ2) is 14.6. The summed E-state index contributed by atoms with van der Waals surface area (Å²) in [6.07, 6.45) is 7.31. The molecule has 5 rings (SSSR count). The van der Waals surface area contributed by atoms with Crippen molar-refractivity contribution in [2.24, 2.45) is 11.8 Å². The van der Waals surface area contributed by atoms with E-state index in [0.717, 1.165) is 63.4 Å². The smallest absolute Gasteiger partial charge is 0.323 e. The number of nitrogens with one attached hydrogen (secondary N) is 2. The molecule has 2 saturated carbocycles. The molecule has 1 aliphatic heterocycles. The topological polar surface area (TPSA) is 128 Å². The van der Waals surface area contributed by atoms with Crippen molar-refractivity contribution in [3.8, 4) is 5.75 Å². The number of aliphatic carboxylic acids is 1. The Hall–Kier alpha value is -4.08. The summed E-state index contributed by atoms with van der Waals surface area (Å²) in [5, 5.41) is 15.6. The highest BCUT2D eigenvalue weighted by atomic mass is 16.5. The molecule has 2 aromatic rings. The standard InChI is InChI=1S/C34H44N4O6/c1-44-27-18-16-26(17-19-27)35-34(43)38-21-20-37(33(42)30(25-14-8-9-15-25)24-12-6-3-7-13-24)32(38)31(41)36-28(22-29(39)40)23-10-4-2-5-11-23/h3,6-7,12-13,16-19,23,25,28,30,32H,2,4-5,8-11,14-15,20-22H2,1H3,(H,35,43)(H,36,41)(H,39,40). The monoisotopic (exact) mass is 604 g/mol. The number of urea groups is 1. The van der Waals surface area contributed by atoms with E-state index in [0.29, 0.717) is 11.4 Å². The molecule has 1 saturated heterocycles. The first-order valence-corrected chi connectivity index (χ1v) is 15.9. The number of hydrogen-bond acceptors (Lipinski definition) is 5. The maximum atomic E-state index is 14.5. The highest BCUT2D eigenvalue weighted by Crippen LogP contribution is 2.39. The van der Waals surface area contributed by atoms with E-state index in [1.807, 2.05) is 30.3 Å². The quantitative estimate of drug-likeness (QED) is 0.342. The molecule has 44 heavy (non-hydrogen) atoms. The zero-order chi connectivity index (χ0) is 31.1. The lowest BCUT2D eigenvalue weighted by molar-refractivity contribution is -0.144. The van der Waals surface area contributed by atoms with E-state index in [2.05, 4.69) is 10.6 Å². The van der Waals surface area contributed by atoms with Crippen molar-refractivity contribution < 1.29 is 29.0 Å². The number of anilines is 1. The van der Waals surface area contributed by atoms with E-state index in [9.17, 15) is 24.3 Å². The molecule has 4 amide bonds. The Morgan fingerprint density at radius 1 is 0.841 bits per heavy atom. The molecular weight excluding hydrogens is 560 g/mol. The lowest BCUT2D eigenvalue weighted by Crippen LogP contribution is -2.58. The first-order valence-electron chi connectivity index (χ1n) is 15.9. The van der Waals surface area contributed by atoms with Gasteiger partial charge >= 0.3 is 12.0 Å². The van der Waals surface area contributed by atoms with E-state index in [1.165, 1.54) is 9.80 Å². The van der Waals surface area contributed by atoms with Crippen molar-refractivity contribution in [2.45, 2.75) is 82.3 Å². The van der Waals surface area contributed by atoms with Gasteiger partial charge in [-0.05, 0) is 67.3 Å². The van der Waals surface area contributed by atoms with Gasteiger partial charge in [0.2, 0.25) is 5.91 Å². The van der Waals surface area contributed by atoms with Crippen LogP contribution in [0.5, 0.6) is 5.75 Å². The number of carbonyl (C=O) groups is 4. The highest BCUT2D eigenvalue weighted by Gasteiger charge is 2.47. The van der Waals surface area contributed by atoms with Crippen molar-refractivity contribution in [1.82, 2.24) is 15.1 Å². The zero-order valence-corrected chi connectivity index (χ0v) is 25.5. The van der Waals surface area contributed by atoms with Gasteiger partial charge < -0.3 is 25.4 Å². The molecule has 3 N–H and O–H groups in total. The van der Waals surface area contributed by atoms with Crippen LogP contribution >= 0.6 is 0 Å². The van der Waals surface area contributed by atoms with Gasteiger partial charge in [-0.25, -0.2) is 4.79 Å². The van der Waals surface area contributed by atoms with Crippen LogP contribution in [0.3, 0.4) is 0 Å². The minimum atomic E-state index is -1.20. The molecule has 10 heteroatoms. The molecule has 3 unspecified atom stereocenters. The van der Waals surface area contributed by atoms with Crippen LogP contribution in [0.25, 0.3) is 0 Å². The molecule has 0 aromatic heterocycles. The highest BCUT2D eigenvalue weighted by molar-refractivity contribution is 5.97. The molecule has 2 aliphatic carbocycles. The van der Waals surface area contributed by atoms with Crippen molar-refractivity contribution >= 4 is 29.5 Å². The maximum Gasteiger partial charge on any atom is 0.323 e.